The van der Waals surface area contributed by atoms with Crippen molar-refractivity contribution in [1.82, 2.24) is 30.2 Å². The Morgan fingerprint density at radius 1 is 1.23 bits per heavy atom. The van der Waals surface area contributed by atoms with E-state index in [1.165, 1.54) is 16.5 Å². The molecular formula is C27H34N6O2. The number of aromatic amines is 1. The highest BCUT2D eigenvalue weighted by atomic mass is 16.5. The van der Waals surface area contributed by atoms with Gasteiger partial charge in [-0.25, -0.2) is 9.50 Å². The highest BCUT2D eigenvalue weighted by Gasteiger charge is 2.24. The molecule has 0 bridgehead atoms. The first-order chi connectivity index (χ1) is 17.0. The van der Waals surface area contributed by atoms with Gasteiger partial charge in [0, 0.05) is 35.8 Å². The molecule has 1 saturated carbocycles. The van der Waals surface area contributed by atoms with Crippen LogP contribution in [-0.2, 0) is 4.79 Å². The highest BCUT2D eigenvalue weighted by Crippen LogP contribution is 2.40. The Morgan fingerprint density at radius 3 is 2.74 bits per heavy atom. The fourth-order valence-electron chi connectivity index (χ4n) is 5.45. The lowest BCUT2D eigenvalue weighted by Gasteiger charge is -2.29. The van der Waals surface area contributed by atoms with Crippen LogP contribution in [0.3, 0.4) is 0 Å². The third-order valence-corrected chi connectivity index (χ3v) is 7.32. The average molecular weight is 475 g/mol. The molecule has 5 rings (SSSR count). The number of methoxy groups -OCH3 is 1. The molecule has 8 heteroatoms. The number of aromatic nitrogens is 4. The van der Waals surface area contributed by atoms with Gasteiger partial charge in [0.05, 0.1) is 19.3 Å². The number of ether oxygens (including phenoxy) is 1. The van der Waals surface area contributed by atoms with Gasteiger partial charge in [-0.3, -0.25) is 4.79 Å². The van der Waals surface area contributed by atoms with E-state index in [1.54, 1.807) is 25.0 Å². The van der Waals surface area contributed by atoms with Gasteiger partial charge < -0.3 is 20.4 Å². The Balaban J connectivity index is 1.44. The molecule has 0 saturated heterocycles. The zero-order valence-corrected chi connectivity index (χ0v) is 20.9. The molecule has 4 aromatic rings. The van der Waals surface area contributed by atoms with Crippen LogP contribution in [0.15, 0.2) is 36.8 Å². The number of benzene rings is 1. The van der Waals surface area contributed by atoms with E-state index in [2.05, 4.69) is 57.7 Å². The second-order valence-corrected chi connectivity index (χ2v) is 9.80. The van der Waals surface area contributed by atoms with Crippen LogP contribution in [-0.4, -0.2) is 52.2 Å². The number of fused-ring (bicyclic) bond motifs is 2. The van der Waals surface area contributed by atoms with Crippen molar-refractivity contribution in [2.45, 2.75) is 57.4 Å². The summed E-state index contributed by atoms with van der Waals surface area (Å²) in [5, 5.41) is 11.7. The van der Waals surface area contributed by atoms with Crippen LogP contribution < -0.4 is 15.4 Å². The van der Waals surface area contributed by atoms with Crippen LogP contribution in [0.1, 0.15) is 62.5 Å². The van der Waals surface area contributed by atoms with Gasteiger partial charge in [0.1, 0.15) is 6.33 Å². The number of nitrogens with one attached hydrogen (secondary N) is 3. The second kappa shape index (κ2) is 9.70. The molecule has 0 atom stereocenters. The van der Waals surface area contributed by atoms with Crippen LogP contribution in [0.25, 0.3) is 27.8 Å². The highest BCUT2D eigenvalue weighted by molar-refractivity contribution is 5.92. The zero-order valence-electron chi connectivity index (χ0n) is 20.9. The van der Waals surface area contributed by atoms with Gasteiger partial charge >= 0.3 is 0 Å². The van der Waals surface area contributed by atoms with Gasteiger partial charge in [0.25, 0.3) is 0 Å². The summed E-state index contributed by atoms with van der Waals surface area (Å²) in [6, 6.07) is 9.34. The molecule has 3 heterocycles. The first-order valence-electron chi connectivity index (χ1n) is 12.5. The van der Waals surface area contributed by atoms with Crippen molar-refractivity contribution in [3.05, 3.63) is 47.9 Å². The van der Waals surface area contributed by atoms with Crippen LogP contribution in [0, 0.1) is 0 Å². The number of rotatable bonds is 7. The molecule has 3 aromatic heterocycles. The topological polar surface area (TPSA) is 96.3 Å². The van der Waals surface area contributed by atoms with Gasteiger partial charge in [-0.2, -0.15) is 5.10 Å². The third kappa shape index (κ3) is 4.50. The summed E-state index contributed by atoms with van der Waals surface area (Å²) < 4.78 is 7.37. The maximum atomic E-state index is 11.6. The molecule has 1 aliphatic carbocycles. The number of pyridine rings is 1. The van der Waals surface area contributed by atoms with Crippen LogP contribution in [0.4, 0.5) is 0 Å². The predicted molar refractivity (Wildman–Crippen MR) is 138 cm³/mol. The van der Waals surface area contributed by atoms with Crippen molar-refractivity contribution in [1.29, 1.82) is 0 Å². The zero-order chi connectivity index (χ0) is 24.5. The standard InChI is InChI=1S/C27H34N6O2/c1-16(2)25-21-11-18(17-5-8-20(9-6-17)29-13-24(34)28-3)7-10-22(21)32-26(25)19-12-23(35-4)27-30-15-31-33(27)14-19/h7,10-12,14-17,20,29,32H,5-6,8-9,13H2,1-4H3,(H,28,34). The number of carbonyl (C=O) groups excluding carboxylic acids is 1. The molecule has 3 N–H and O–H groups in total. The predicted octanol–water partition coefficient (Wildman–Crippen LogP) is 4.37. The number of nitrogens with zero attached hydrogens (tertiary/aromatic N) is 3. The molecule has 0 spiro atoms. The molecule has 184 valence electrons. The normalized spacial score (nSPS) is 18.4. The Bertz CT molecular complexity index is 1350. The SMILES string of the molecule is CNC(=O)CNC1CCC(c2ccc3[nH]c(-c4cc(OC)c5ncnn5c4)c(C(C)C)c3c2)CC1. The smallest absolute Gasteiger partial charge is 0.233 e. The monoisotopic (exact) mass is 474 g/mol. The Labute approximate surface area is 205 Å². The molecule has 1 aromatic carbocycles. The van der Waals surface area contributed by atoms with Crippen LogP contribution in [0.2, 0.25) is 0 Å². The average Bonchev–Trinajstić information content (AvgIpc) is 3.51. The van der Waals surface area contributed by atoms with Crippen LogP contribution >= 0.6 is 0 Å². The molecule has 0 radical (unpaired) electrons. The number of H-pyrrole nitrogens is 1. The van der Waals surface area contributed by atoms with Gasteiger partial charge in [-0.1, -0.05) is 19.9 Å². The van der Waals surface area contributed by atoms with E-state index in [0.29, 0.717) is 35.8 Å². The Hall–Kier alpha value is -3.39. The van der Waals surface area contributed by atoms with Crippen molar-refractivity contribution in [3.8, 4) is 17.0 Å². The lowest BCUT2D eigenvalue weighted by atomic mass is 9.81. The minimum absolute atomic E-state index is 0.0441. The van der Waals surface area contributed by atoms with Gasteiger partial charge in [-0.15, -0.1) is 0 Å². The summed E-state index contributed by atoms with van der Waals surface area (Å²) in [5.74, 6) is 1.64. The molecular weight excluding hydrogens is 440 g/mol. The van der Waals surface area contributed by atoms with Crippen molar-refractivity contribution in [3.63, 3.8) is 0 Å². The molecule has 8 nitrogen and oxygen atoms in total. The Kier molecular flexibility index (Phi) is 6.47. The lowest BCUT2D eigenvalue weighted by Crippen LogP contribution is -2.39. The summed E-state index contributed by atoms with van der Waals surface area (Å²) in [6.45, 7) is 4.88. The minimum Gasteiger partial charge on any atom is -0.493 e. The largest absolute Gasteiger partial charge is 0.493 e. The van der Waals surface area contributed by atoms with Gasteiger partial charge in [-0.05, 0) is 66.8 Å². The molecule has 1 amide bonds. The number of amides is 1. The molecule has 0 aliphatic heterocycles. The molecule has 1 fully saturated rings. The van der Waals surface area contributed by atoms with Crippen molar-refractivity contribution in [2.75, 3.05) is 20.7 Å². The summed E-state index contributed by atoms with van der Waals surface area (Å²) in [7, 11) is 3.34. The molecule has 0 unspecified atom stereocenters. The summed E-state index contributed by atoms with van der Waals surface area (Å²) in [6.07, 6.45) is 8.00. The van der Waals surface area contributed by atoms with Gasteiger partial charge in [0.2, 0.25) is 5.91 Å². The maximum absolute atomic E-state index is 11.6. The van der Waals surface area contributed by atoms with Crippen molar-refractivity contribution >= 4 is 22.5 Å². The van der Waals surface area contributed by atoms with E-state index in [1.807, 2.05) is 12.3 Å². The molecule has 35 heavy (non-hydrogen) atoms. The van der Waals surface area contributed by atoms with E-state index >= 15 is 0 Å². The summed E-state index contributed by atoms with van der Waals surface area (Å²) >= 11 is 0. The fraction of sp³-hybridized carbons (Fsp3) is 0.444. The quantitative estimate of drug-likeness (QED) is 0.370. The summed E-state index contributed by atoms with van der Waals surface area (Å²) in [4.78, 5) is 19.5. The number of hydrogen-bond donors (Lipinski definition) is 3. The van der Waals surface area contributed by atoms with Gasteiger partial charge in [0.15, 0.2) is 11.4 Å². The van der Waals surface area contributed by atoms with Crippen molar-refractivity contribution in [2.24, 2.45) is 0 Å². The lowest BCUT2D eigenvalue weighted by molar-refractivity contribution is -0.119. The first-order valence-corrected chi connectivity index (χ1v) is 12.5. The fourth-order valence-corrected chi connectivity index (χ4v) is 5.45. The third-order valence-electron chi connectivity index (χ3n) is 7.32. The number of likely N-dealkylation sites (N-methyl/N-ethyl adjacent to an activating group) is 1. The van der Waals surface area contributed by atoms with E-state index in [4.69, 9.17) is 4.74 Å². The van der Waals surface area contributed by atoms with E-state index < -0.39 is 0 Å². The number of hydrogen-bond acceptors (Lipinski definition) is 5. The van der Waals surface area contributed by atoms with E-state index in [0.717, 1.165) is 42.5 Å². The number of carbonyl (C=O) groups is 1. The summed E-state index contributed by atoms with van der Waals surface area (Å²) in [5.41, 5.74) is 6.70. The Morgan fingerprint density at radius 2 is 2.03 bits per heavy atom. The first kappa shape index (κ1) is 23.4. The minimum atomic E-state index is 0.0441. The molecule has 1 aliphatic rings. The van der Waals surface area contributed by atoms with Crippen LogP contribution in [0.5, 0.6) is 5.75 Å². The van der Waals surface area contributed by atoms with Crippen molar-refractivity contribution < 1.29 is 9.53 Å². The maximum Gasteiger partial charge on any atom is 0.233 e. The van der Waals surface area contributed by atoms with E-state index in [9.17, 15) is 4.79 Å². The van der Waals surface area contributed by atoms with E-state index in [-0.39, 0.29) is 5.91 Å². The second-order valence-electron chi connectivity index (χ2n) is 9.80.